The van der Waals surface area contributed by atoms with E-state index in [0.717, 1.165) is 25.7 Å². The van der Waals surface area contributed by atoms with Crippen LogP contribution in [0.15, 0.2) is 6.07 Å². The monoisotopic (exact) mass is 296 g/mol. The number of hydrogen-bond acceptors (Lipinski definition) is 5. The zero-order valence-electron chi connectivity index (χ0n) is 11.1. The Labute approximate surface area is 120 Å². The van der Waals surface area contributed by atoms with Crippen LogP contribution >= 0.6 is 11.3 Å². The topological polar surface area (TPSA) is 98.5 Å². The molecule has 0 spiro atoms. The van der Waals surface area contributed by atoms with Crippen LogP contribution < -0.4 is 11.1 Å². The summed E-state index contributed by atoms with van der Waals surface area (Å²) in [6, 6.07) is 0.865. The van der Waals surface area contributed by atoms with Gasteiger partial charge < -0.3 is 10.5 Å². The molecule has 1 atom stereocenters. The summed E-state index contributed by atoms with van der Waals surface area (Å²) in [6.07, 6.45) is 3.19. The highest BCUT2D eigenvalue weighted by atomic mass is 32.1. The summed E-state index contributed by atoms with van der Waals surface area (Å²) >= 11 is 1.41. The number of carbonyl (C=O) groups is 3. The molecule has 3 amide bonds. The lowest BCUT2D eigenvalue weighted by atomic mass is 9.99. The van der Waals surface area contributed by atoms with E-state index < -0.39 is 24.0 Å². The molecule has 0 bridgehead atoms. The van der Waals surface area contributed by atoms with Crippen LogP contribution in [0.4, 0.5) is 4.79 Å². The van der Waals surface area contributed by atoms with Crippen LogP contribution in [-0.2, 0) is 22.4 Å². The van der Waals surface area contributed by atoms with Gasteiger partial charge in [-0.15, -0.1) is 11.3 Å². The second kappa shape index (κ2) is 6.04. The van der Waals surface area contributed by atoms with E-state index in [4.69, 9.17) is 10.5 Å². The number of nitrogens with one attached hydrogen (secondary N) is 1. The fourth-order valence-corrected chi connectivity index (χ4v) is 3.22. The Hall–Kier alpha value is -1.89. The lowest BCUT2D eigenvalue weighted by molar-refractivity contribution is -0.127. The Morgan fingerprint density at radius 3 is 2.70 bits per heavy atom. The molecule has 1 aromatic heterocycles. The number of amides is 3. The Balaban J connectivity index is 1.99. The third kappa shape index (κ3) is 3.36. The Morgan fingerprint density at radius 1 is 1.35 bits per heavy atom. The quantitative estimate of drug-likeness (QED) is 0.823. The second-order valence-corrected chi connectivity index (χ2v) is 5.80. The third-order valence-corrected chi connectivity index (χ3v) is 4.31. The largest absolute Gasteiger partial charge is 0.448 e. The van der Waals surface area contributed by atoms with Crippen molar-refractivity contribution in [2.24, 2.45) is 5.73 Å². The first-order valence-electron chi connectivity index (χ1n) is 6.40. The molecular formula is C13H16N2O4S. The molecule has 7 heteroatoms. The minimum absolute atomic E-state index is 0.496. The molecule has 108 valence electrons. The van der Waals surface area contributed by atoms with E-state index in [1.54, 1.807) is 0 Å². The van der Waals surface area contributed by atoms with E-state index in [1.165, 1.54) is 28.7 Å². The summed E-state index contributed by atoms with van der Waals surface area (Å²) in [5.41, 5.74) is 6.03. The summed E-state index contributed by atoms with van der Waals surface area (Å²) in [7, 11) is 0. The number of rotatable bonds is 3. The molecule has 1 aliphatic rings. The number of hydrogen-bond donors (Lipinski definition) is 2. The van der Waals surface area contributed by atoms with Crippen LogP contribution in [0, 0.1) is 0 Å². The van der Waals surface area contributed by atoms with Gasteiger partial charge in [0.15, 0.2) is 6.10 Å². The standard InChI is InChI=1S/C13H16N2O4S/c1-7(11(16)15-13(14)18)19-12(17)10-6-8-4-2-3-5-9(8)20-10/h6-7H,2-5H2,1H3,(H3,14,15,16,18)/t7-/m1/s1. The molecule has 3 N–H and O–H groups in total. The Bertz CT molecular complexity index is 529. The van der Waals surface area contributed by atoms with E-state index in [9.17, 15) is 14.4 Å². The highest BCUT2D eigenvalue weighted by molar-refractivity contribution is 7.14. The molecule has 1 heterocycles. The van der Waals surface area contributed by atoms with Gasteiger partial charge in [-0.2, -0.15) is 0 Å². The number of ether oxygens (including phenoxy) is 1. The van der Waals surface area contributed by atoms with E-state index in [2.05, 4.69) is 0 Å². The predicted molar refractivity (Wildman–Crippen MR) is 73.6 cm³/mol. The molecule has 0 aromatic carbocycles. The first kappa shape index (κ1) is 14.5. The van der Waals surface area contributed by atoms with Crippen molar-refractivity contribution in [2.45, 2.75) is 38.7 Å². The van der Waals surface area contributed by atoms with Gasteiger partial charge in [-0.05, 0) is 44.2 Å². The van der Waals surface area contributed by atoms with Gasteiger partial charge in [0.25, 0.3) is 5.91 Å². The molecule has 0 unspecified atom stereocenters. The fraction of sp³-hybridized carbons (Fsp3) is 0.462. The molecule has 0 aliphatic heterocycles. The molecular weight excluding hydrogens is 280 g/mol. The average molecular weight is 296 g/mol. The number of carbonyl (C=O) groups excluding carboxylic acids is 3. The highest BCUT2D eigenvalue weighted by Gasteiger charge is 2.23. The van der Waals surface area contributed by atoms with Crippen LogP contribution in [0.3, 0.4) is 0 Å². The van der Waals surface area contributed by atoms with Gasteiger partial charge in [0.1, 0.15) is 4.88 Å². The summed E-state index contributed by atoms with van der Waals surface area (Å²) in [6.45, 7) is 1.39. The molecule has 1 aromatic rings. The Kier molecular flexibility index (Phi) is 4.39. The number of primary amides is 1. The van der Waals surface area contributed by atoms with Crippen molar-refractivity contribution in [3.05, 3.63) is 21.4 Å². The molecule has 0 radical (unpaired) electrons. The first-order chi connectivity index (χ1) is 9.47. The molecule has 2 rings (SSSR count). The van der Waals surface area contributed by atoms with Gasteiger partial charge in [-0.3, -0.25) is 10.1 Å². The number of fused-ring (bicyclic) bond motifs is 1. The summed E-state index contributed by atoms with van der Waals surface area (Å²) in [5.74, 6) is -1.27. The van der Waals surface area contributed by atoms with Crippen molar-refractivity contribution in [2.75, 3.05) is 0 Å². The molecule has 0 saturated heterocycles. The third-order valence-electron chi connectivity index (χ3n) is 3.10. The van der Waals surface area contributed by atoms with Gasteiger partial charge in [0.05, 0.1) is 0 Å². The minimum Gasteiger partial charge on any atom is -0.448 e. The maximum Gasteiger partial charge on any atom is 0.349 e. The van der Waals surface area contributed by atoms with Crippen molar-refractivity contribution < 1.29 is 19.1 Å². The zero-order valence-corrected chi connectivity index (χ0v) is 11.9. The van der Waals surface area contributed by atoms with Crippen LogP contribution in [0.25, 0.3) is 0 Å². The summed E-state index contributed by atoms with van der Waals surface area (Å²) in [5, 5.41) is 1.87. The number of esters is 1. The zero-order chi connectivity index (χ0) is 14.7. The van der Waals surface area contributed by atoms with Crippen LogP contribution in [-0.4, -0.2) is 24.0 Å². The average Bonchev–Trinajstić information content (AvgIpc) is 2.81. The number of aryl methyl sites for hydroxylation is 2. The molecule has 20 heavy (non-hydrogen) atoms. The van der Waals surface area contributed by atoms with E-state index in [-0.39, 0.29) is 0 Å². The van der Waals surface area contributed by atoms with E-state index >= 15 is 0 Å². The number of imide groups is 1. The number of nitrogens with two attached hydrogens (primary N) is 1. The predicted octanol–water partition coefficient (Wildman–Crippen LogP) is 1.37. The maximum absolute atomic E-state index is 12.0. The van der Waals surface area contributed by atoms with Crippen LogP contribution in [0.1, 0.15) is 39.9 Å². The highest BCUT2D eigenvalue weighted by Crippen LogP contribution is 2.30. The molecule has 6 nitrogen and oxygen atoms in total. The van der Waals surface area contributed by atoms with Gasteiger partial charge >= 0.3 is 12.0 Å². The van der Waals surface area contributed by atoms with E-state index in [0.29, 0.717) is 4.88 Å². The van der Waals surface area contributed by atoms with Crippen LogP contribution in [0.2, 0.25) is 0 Å². The number of urea groups is 1. The van der Waals surface area contributed by atoms with Crippen molar-refractivity contribution in [3.63, 3.8) is 0 Å². The van der Waals surface area contributed by atoms with E-state index in [1.807, 2.05) is 11.4 Å². The SMILES string of the molecule is C[C@@H](OC(=O)c1cc2c(s1)CCCC2)C(=O)NC(N)=O. The summed E-state index contributed by atoms with van der Waals surface area (Å²) in [4.78, 5) is 35.7. The van der Waals surface area contributed by atoms with Crippen molar-refractivity contribution in [1.82, 2.24) is 5.32 Å². The van der Waals surface area contributed by atoms with Crippen molar-refractivity contribution in [1.29, 1.82) is 0 Å². The first-order valence-corrected chi connectivity index (χ1v) is 7.22. The lowest BCUT2D eigenvalue weighted by Crippen LogP contribution is -2.42. The smallest absolute Gasteiger partial charge is 0.349 e. The van der Waals surface area contributed by atoms with Gasteiger partial charge in [0, 0.05) is 4.88 Å². The molecule has 0 saturated carbocycles. The second-order valence-electron chi connectivity index (χ2n) is 4.67. The Morgan fingerprint density at radius 2 is 2.05 bits per heavy atom. The fourth-order valence-electron chi connectivity index (χ4n) is 2.09. The normalized spacial score (nSPS) is 15.1. The van der Waals surface area contributed by atoms with Gasteiger partial charge in [0.2, 0.25) is 0 Å². The van der Waals surface area contributed by atoms with Gasteiger partial charge in [-0.25, -0.2) is 9.59 Å². The van der Waals surface area contributed by atoms with Crippen molar-refractivity contribution in [3.8, 4) is 0 Å². The minimum atomic E-state index is -1.06. The molecule has 0 fully saturated rings. The van der Waals surface area contributed by atoms with Crippen LogP contribution in [0.5, 0.6) is 0 Å². The lowest BCUT2D eigenvalue weighted by Gasteiger charge is -2.10. The van der Waals surface area contributed by atoms with Crippen molar-refractivity contribution >= 4 is 29.2 Å². The van der Waals surface area contributed by atoms with Gasteiger partial charge in [-0.1, -0.05) is 0 Å². The number of thiophene rings is 1. The summed E-state index contributed by atoms with van der Waals surface area (Å²) < 4.78 is 5.03. The maximum atomic E-state index is 12.0. The molecule has 1 aliphatic carbocycles.